The molecule has 0 fully saturated rings. The Morgan fingerprint density at radius 3 is 2.00 bits per heavy atom. The third kappa shape index (κ3) is 5.70. The smallest absolute Gasteiger partial charge is 0.407 e. The van der Waals surface area contributed by atoms with Gasteiger partial charge < -0.3 is 25.6 Å². The van der Waals surface area contributed by atoms with E-state index >= 15 is 0 Å². The highest BCUT2D eigenvalue weighted by Crippen LogP contribution is 2.44. The van der Waals surface area contributed by atoms with E-state index in [1.807, 2.05) is 57.2 Å². The molecule has 8 heteroatoms. The maximum Gasteiger partial charge on any atom is 0.407 e. The first-order valence-electron chi connectivity index (χ1n) is 10.9. The van der Waals surface area contributed by atoms with Gasteiger partial charge in [-0.3, -0.25) is 4.79 Å². The Balaban J connectivity index is 1.65. The highest BCUT2D eigenvalue weighted by atomic mass is 16.5. The lowest BCUT2D eigenvalue weighted by molar-refractivity contribution is -0.143. The summed E-state index contributed by atoms with van der Waals surface area (Å²) in [4.78, 5) is 36.0. The second-order valence-corrected chi connectivity index (χ2v) is 9.23. The van der Waals surface area contributed by atoms with Gasteiger partial charge in [0.25, 0.3) is 0 Å². The van der Waals surface area contributed by atoms with Crippen molar-refractivity contribution in [3.63, 3.8) is 0 Å². The second kappa shape index (κ2) is 10.0. The van der Waals surface area contributed by atoms with Gasteiger partial charge in [0, 0.05) is 18.4 Å². The maximum absolute atomic E-state index is 12.6. The Bertz CT molecular complexity index is 984. The van der Waals surface area contributed by atoms with Crippen LogP contribution >= 0.6 is 0 Å². The zero-order valence-corrected chi connectivity index (χ0v) is 19.0. The molecular weight excluding hydrogens is 424 g/mol. The Hall–Kier alpha value is -3.39. The van der Waals surface area contributed by atoms with Crippen LogP contribution in [0.2, 0.25) is 0 Å². The molecule has 33 heavy (non-hydrogen) atoms. The fourth-order valence-electron chi connectivity index (χ4n) is 3.98. The summed E-state index contributed by atoms with van der Waals surface area (Å²) in [6, 6.07) is 14.1. The highest BCUT2D eigenvalue weighted by Gasteiger charge is 2.32. The van der Waals surface area contributed by atoms with Gasteiger partial charge in [-0.1, -0.05) is 69.3 Å². The molecule has 0 saturated heterocycles. The Morgan fingerprint density at radius 2 is 1.52 bits per heavy atom. The number of aliphatic hydroxyl groups excluding tert-OH is 1. The number of carbonyl (C=O) groups excluding carboxylic acids is 2. The molecule has 2 aromatic rings. The standard InChI is InChI=1S/C25H30N2O6/c1-25(2,3)21(12-22(29)26-20(13-28)23(30)31)27-24(32)33-14-19-17-10-6-4-8-15(17)16-9-5-7-11-18(16)19/h4-11,19-21,28H,12-14H2,1-3H3,(H,26,29)(H,27,32)(H,30,31)/t20-,21?/m1/s1. The zero-order valence-electron chi connectivity index (χ0n) is 19.0. The maximum atomic E-state index is 12.6. The van der Waals surface area contributed by atoms with Crippen LogP contribution in [0.4, 0.5) is 4.79 Å². The Morgan fingerprint density at radius 1 is 0.970 bits per heavy atom. The van der Waals surface area contributed by atoms with Gasteiger partial charge in [0.1, 0.15) is 12.6 Å². The number of carboxylic acid groups (broad SMARTS) is 1. The van der Waals surface area contributed by atoms with Crippen LogP contribution in [-0.2, 0) is 14.3 Å². The summed E-state index contributed by atoms with van der Waals surface area (Å²) in [7, 11) is 0. The number of amides is 2. The monoisotopic (exact) mass is 454 g/mol. The zero-order chi connectivity index (χ0) is 24.2. The fraction of sp³-hybridized carbons (Fsp3) is 0.400. The average Bonchev–Trinajstić information content (AvgIpc) is 3.08. The van der Waals surface area contributed by atoms with Gasteiger partial charge in [-0.05, 0) is 27.7 Å². The summed E-state index contributed by atoms with van der Waals surface area (Å²) in [6.07, 6.45) is -0.807. The summed E-state index contributed by atoms with van der Waals surface area (Å²) >= 11 is 0. The summed E-state index contributed by atoms with van der Waals surface area (Å²) in [5, 5.41) is 23.1. The minimum atomic E-state index is -1.40. The molecule has 1 aliphatic rings. The van der Waals surface area contributed by atoms with Crippen LogP contribution in [0.5, 0.6) is 0 Å². The third-order valence-corrected chi connectivity index (χ3v) is 5.89. The van der Waals surface area contributed by atoms with Crippen molar-refractivity contribution >= 4 is 18.0 Å². The average molecular weight is 455 g/mol. The van der Waals surface area contributed by atoms with Crippen molar-refractivity contribution in [2.24, 2.45) is 5.41 Å². The van der Waals surface area contributed by atoms with Crippen LogP contribution in [0.3, 0.4) is 0 Å². The fourth-order valence-corrected chi connectivity index (χ4v) is 3.98. The van der Waals surface area contributed by atoms with Crippen LogP contribution in [0.1, 0.15) is 44.2 Å². The third-order valence-electron chi connectivity index (χ3n) is 5.89. The predicted octanol–water partition coefficient (Wildman–Crippen LogP) is 2.89. The number of ether oxygens (including phenoxy) is 1. The van der Waals surface area contributed by atoms with E-state index in [0.29, 0.717) is 0 Å². The minimum absolute atomic E-state index is 0.0829. The van der Waals surface area contributed by atoms with Crippen molar-refractivity contribution in [3.8, 4) is 11.1 Å². The lowest BCUT2D eigenvalue weighted by atomic mass is 9.84. The first kappa shape index (κ1) is 24.3. The van der Waals surface area contributed by atoms with E-state index in [9.17, 15) is 14.4 Å². The summed E-state index contributed by atoms with van der Waals surface area (Å²) in [6.45, 7) is 5.00. The lowest BCUT2D eigenvalue weighted by Gasteiger charge is -2.31. The van der Waals surface area contributed by atoms with E-state index in [1.165, 1.54) is 0 Å². The molecule has 0 saturated carbocycles. The molecule has 0 heterocycles. The second-order valence-electron chi connectivity index (χ2n) is 9.23. The van der Waals surface area contributed by atoms with Crippen molar-refractivity contribution in [2.75, 3.05) is 13.2 Å². The first-order valence-corrected chi connectivity index (χ1v) is 10.9. The molecule has 0 bridgehead atoms. The van der Waals surface area contributed by atoms with Crippen molar-refractivity contribution in [1.82, 2.24) is 10.6 Å². The van der Waals surface area contributed by atoms with E-state index in [2.05, 4.69) is 22.8 Å². The molecule has 4 N–H and O–H groups in total. The predicted molar refractivity (Wildman–Crippen MR) is 123 cm³/mol. The Labute approximate surface area is 193 Å². The van der Waals surface area contributed by atoms with E-state index in [-0.39, 0.29) is 18.9 Å². The molecule has 0 aromatic heterocycles. The molecule has 8 nitrogen and oxygen atoms in total. The summed E-state index contributed by atoms with van der Waals surface area (Å²) < 4.78 is 5.57. The van der Waals surface area contributed by atoms with Crippen LogP contribution in [0.25, 0.3) is 11.1 Å². The number of benzene rings is 2. The van der Waals surface area contributed by atoms with E-state index in [0.717, 1.165) is 22.3 Å². The van der Waals surface area contributed by atoms with Gasteiger partial charge in [0.15, 0.2) is 0 Å². The molecule has 2 atom stereocenters. The van der Waals surface area contributed by atoms with Crippen molar-refractivity contribution in [1.29, 1.82) is 0 Å². The Kier molecular flexibility index (Phi) is 7.38. The molecule has 1 unspecified atom stereocenters. The van der Waals surface area contributed by atoms with Crippen LogP contribution < -0.4 is 10.6 Å². The number of fused-ring (bicyclic) bond motifs is 3. The molecule has 3 rings (SSSR count). The molecule has 1 aliphatic carbocycles. The van der Waals surface area contributed by atoms with E-state index < -0.39 is 42.1 Å². The SMILES string of the molecule is CC(C)(C)C(CC(=O)N[C@H](CO)C(=O)O)NC(=O)OCC1c2ccccc2-c2ccccc21. The normalized spacial score (nSPS) is 14.5. The summed E-state index contributed by atoms with van der Waals surface area (Å²) in [5.41, 5.74) is 3.95. The van der Waals surface area contributed by atoms with Crippen LogP contribution in [0.15, 0.2) is 48.5 Å². The number of alkyl carbamates (subject to hydrolysis) is 1. The van der Waals surface area contributed by atoms with Gasteiger partial charge >= 0.3 is 12.1 Å². The molecule has 2 aromatic carbocycles. The van der Waals surface area contributed by atoms with Crippen LogP contribution in [0, 0.1) is 5.41 Å². The number of carboxylic acids is 1. The number of aliphatic hydroxyl groups is 1. The van der Waals surface area contributed by atoms with Gasteiger partial charge in [-0.25, -0.2) is 9.59 Å². The van der Waals surface area contributed by atoms with E-state index in [4.69, 9.17) is 14.9 Å². The van der Waals surface area contributed by atoms with Gasteiger partial charge in [-0.2, -0.15) is 0 Å². The number of rotatable bonds is 8. The van der Waals surface area contributed by atoms with Crippen molar-refractivity contribution < 1.29 is 29.3 Å². The summed E-state index contributed by atoms with van der Waals surface area (Å²) in [5.74, 6) is -2.00. The van der Waals surface area contributed by atoms with E-state index in [1.54, 1.807) is 0 Å². The number of hydrogen-bond acceptors (Lipinski definition) is 5. The number of carbonyl (C=O) groups is 3. The lowest BCUT2D eigenvalue weighted by Crippen LogP contribution is -2.50. The van der Waals surface area contributed by atoms with Crippen molar-refractivity contribution in [2.45, 2.75) is 45.2 Å². The molecule has 0 radical (unpaired) electrons. The highest BCUT2D eigenvalue weighted by molar-refractivity contribution is 5.84. The number of aliphatic carboxylic acids is 1. The van der Waals surface area contributed by atoms with Gasteiger partial charge in [-0.15, -0.1) is 0 Å². The van der Waals surface area contributed by atoms with Gasteiger partial charge in [0.05, 0.1) is 6.61 Å². The molecule has 176 valence electrons. The largest absolute Gasteiger partial charge is 0.480 e. The van der Waals surface area contributed by atoms with Crippen molar-refractivity contribution in [3.05, 3.63) is 59.7 Å². The van der Waals surface area contributed by atoms with Gasteiger partial charge in [0.2, 0.25) is 5.91 Å². The van der Waals surface area contributed by atoms with Crippen LogP contribution in [-0.4, -0.2) is 53.5 Å². The topological polar surface area (TPSA) is 125 Å². The molecular formula is C25H30N2O6. The number of hydrogen-bond donors (Lipinski definition) is 4. The molecule has 0 spiro atoms. The molecule has 0 aliphatic heterocycles. The molecule has 2 amide bonds. The first-order chi connectivity index (χ1) is 15.6. The number of nitrogens with one attached hydrogen (secondary N) is 2. The minimum Gasteiger partial charge on any atom is -0.480 e. The quantitative estimate of drug-likeness (QED) is 0.486.